The van der Waals surface area contributed by atoms with Crippen molar-refractivity contribution in [3.63, 3.8) is 0 Å². The molecular formula is C20H21ClN2O2. The summed E-state index contributed by atoms with van der Waals surface area (Å²) in [7, 11) is 0. The summed E-state index contributed by atoms with van der Waals surface area (Å²) in [6, 6.07) is 15.2. The van der Waals surface area contributed by atoms with Crippen molar-refractivity contribution in [2.24, 2.45) is 0 Å². The second-order valence-electron chi connectivity index (χ2n) is 6.22. The van der Waals surface area contributed by atoms with E-state index in [1.165, 1.54) is 11.1 Å². The van der Waals surface area contributed by atoms with Gasteiger partial charge in [-0.3, -0.25) is 9.59 Å². The average Bonchev–Trinajstić information content (AvgIpc) is 3.02. The van der Waals surface area contributed by atoms with Crippen LogP contribution in [0.2, 0.25) is 5.02 Å². The van der Waals surface area contributed by atoms with E-state index in [9.17, 15) is 9.59 Å². The highest BCUT2D eigenvalue weighted by Gasteiger charge is 2.23. The Hall–Kier alpha value is -2.33. The third kappa shape index (κ3) is 4.40. The van der Waals surface area contributed by atoms with Crippen molar-refractivity contribution < 1.29 is 9.59 Å². The molecular weight excluding hydrogens is 336 g/mol. The zero-order chi connectivity index (χ0) is 17.6. The minimum absolute atomic E-state index is 0.0219. The van der Waals surface area contributed by atoms with Crippen molar-refractivity contribution in [2.45, 2.75) is 25.2 Å². The minimum atomic E-state index is -0.232. The van der Waals surface area contributed by atoms with Gasteiger partial charge in [0.25, 0.3) is 5.91 Å². The van der Waals surface area contributed by atoms with E-state index in [1.807, 2.05) is 12.1 Å². The molecule has 0 saturated carbocycles. The largest absolute Gasteiger partial charge is 0.354 e. The fourth-order valence-corrected chi connectivity index (χ4v) is 3.49. The zero-order valence-electron chi connectivity index (χ0n) is 13.9. The van der Waals surface area contributed by atoms with E-state index >= 15 is 0 Å². The predicted molar refractivity (Wildman–Crippen MR) is 98.9 cm³/mol. The lowest BCUT2D eigenvalue weighted by Gasteiger charge is -2.12. The van der Waals surface area contributed by atoms with Crippen molar-refractivity contribution in [1.82, 2.24) is 10.6 Å². The number of nitrogens with one attached hydrogen (secondary N) is 2. The molecule has 25 heavy (non-hydrogen) atoms. The molecule has 0 aliphatic heterocycles. The maximum atomic E-state index is 12.1. The van der Waals surface area contributed by atoms with Crippen LogP contribution in [0.3, 0.4) is 0 Å². The van der Waals surface area contributed by atoms with Crippen LogP contribution in [-0.2, 0) is 11.2 Å². The van der Waals surface area contributed by atoms with E-state index in [0.29, 0.717) is 36.0 Å². The number of amides is 2. The van der Waals surface area contributed by atoms with Crippen LogP contribution in [0, 0.1) is 0 Å². The highest BCUT2D eigenvalue weighted by molar-refractivity contribution is 6.33. The van der Waals surface area contributed by atoms with Gasteiger partial charge in [0.1, 0.15) is 0 Å². The molecule has 0 radical (unpaired) electrons. The Morgan fingerprint density at radius 1 is 1.00 bits per heavy atom. The van der Waals surface area contributed by atoms with Crippen LogP contribution < -0.4 is 10.6 Å². The van der Waals surface area contributed by atoms with Crippen molar-refractivity contribution >= 4 is 23.4 Å². The Balaban J connectivity index is 1.40. The molecule has 130 valence electrons. The third-order valence-electron chi connectivity index (χ3n) is 4.54. The zero-order valence-corrected chi connectivity index (χ0v) is 14.7. The van der Waals surface area contributed by atoms with E-state index in [-0.39, 0.29) is 11.8 Å². The van der Waals surface area contributed by atoms with Crippen molar-refractivity contribution in [1.29, 1.82) is 0 Å². The Kier molecular flexibility index (Phi) is 5.71. The lowest BCUT2D eigenvalue weighted by Crippen LogP contribution is -2.35. The van der Waals surface area contributed by atoms with Gasteiger partial charge in [-0.05, 0) is 42.0 Å². The molecule has 4 nitrogen and oxygen atoms in total. The average molecular weight is 357 g/mol. The van der Waals surface area contributed by atoms with E-state index < -0.39 is 0 Å². The van der Waals surface area contributed by atoms with Gasteiger partial charge in [0, 0.05) is 19.5 Å². The maximum Gasteiger partial charge on any atom is 0.252 e. The number of halogens is 1. The standard InChI is InChI=1S/C20H21ClN2O2/c21-18-8-4-3-7-17(18)20(25)23-12-11-22-19(24)13-15-10-9-14-5-1-2-6-16(14)15/h1-8,15H,9-13H2,(H,22,24)(H,23,25)/t15-/m1/s1. The molecule has 3 rings (SSSR count). The lowest BCUT2D eigenvalue weighted by atomic mass is 9.97. The molecule has 2 aromatic rings. The molecule has 2 amide bonds. The molecule has 0 heterocycles. The molecule has 0 unspecified atom stereocenters. The maximum absolute atomic E-state index is 12.1. The number of carbonyl (C=O) groups is 2. The number of fused-ring (bicyclic) bond motifs is 1. The second-order valence-corrected chi connectivity index (χ2v) is 6.63. The van der Waals surface area contributed by atoms with Gasteiger partial charge < -0.3 is 10.6 Å². The molecule has 0 bridgehead atoms. The van der Waals surface area contributed by atoms with E-state index in [0.717, 1.165) is 12.8 Å². The van der Waals surface area contributed by atoms with E-state index in [4.69, 9.17) is 11.6 Å². The summed E-state index contributed by atoms with van der Waals surface area (Å²) in [5.74, 6) is 0.0900. The number of carbonyl (C=O) groups excluding carboxylic acids is 2. The summed E-state index contributed by atoms with van der Waals surface area (Å²) in [5, 5.41) is 6.06. The second kappa shape index (κ2) is 8.17. The van der Waals surface area contributed by atoms with Crippen molar-refractivity contribution in [2.75, 3.05) is 13.1 Å². The first-order chi connectivity index (χ1) is 12.1. The molecule has 1 aliphatic carbocycles. The van der Waals surface area contributed by atoms with Gasteiger partial charge in [0.05, 0.1) is 10.6 Å². The van der Waals surface area contributed by atoms with Crippen LogP contribution in [-0.4, -0.2) is 24.9 Å². The topological polar surface area (TPSA) is 58.2 Å². The monoisotopic (exact) mass is 356 g/mol. The summed E-state index contributed by atoms with van der Waals surface area (Å²) in [6.45, 7) is 0.778. The summed E-state index contributed by atoms with van der Waals surface area (Å²) in [5.41, 5.74) is 3.09. The third-order valence-corrected chi connectivity index (χ3v) is 4.87. The molecule has 0 spiro atoms. The van der Waals surface area contributed by atoms with Gasteiger partial charge in [-0.2, -0.15) is 0 Å². The number of benzene rings is 2. The highest BCUT2D eigenvalue weighted by atomic mass is 35.5. The van der Waals surface area contributed by atoms with Gasteiger partial charge in [0.15, 0.2) is 0 Å². The van der Waals surface area contributed by atoms with Crippen LogP contribution in [0.4, 0.5) is 0 Å². The molecule has 5 heteroatoms. The molecule has 2 aromatic carbocycles. The lowest BCUT2D eigenvalue weighted by molar-refractivity contribution is -0.121. The van der Waals surface area contributed by atoms with Crippen LogP contribution in [0.15, 0.2) is 48.5 Å². The van der Waals surface area contributed by atoms with Crippen molar-refractivity contribution in [3.8, 4) is 0 Å². The minimum Gasteiger partial charge on any atom is -0.354 e. The molecule has 1 atom stereocenters. The fourth-order valence-electron chi connectivity index (χ4n) is 3.27. The fraction of sp³-hybridized carbons (Fsp3) is 0.300. The first-order valence-electron chi connectivity index (χ1n) is 8.52. The molecule has 2 N–H and O–H groups in total. The SMILES string of the molecule is O=C(C[C@H]1CCc2ccccc21)NCCNC(=O)c1ccccc1Cl. The number of hydrogen-bond donors (Lipinski definition) is 2. The van der Waals surface area contributed by atoms with E-state index in [2.05, 4.69) is 22.8 Å². The smallest absolute Gasteiger partial charge is 0.252 e. The normalized spacial score (nSPS) is 15.5. The number of hydrogen-bond acceptors (Lipinski definition) is 2. The molecule has 0 saturated heterocycles. The highest BCUT2D eigenvalue weighted by Crippen LogP contribution is 2.34. The number of rotatable bonds is 6. The predicted octanol–water partition coefficient (Wildman–Crippen LogP) is 3.31. The van der Waals surface area contributed by atoms with Crippen molar-refractivity contribution in [3.05, 3.63) is 70.2 Å². The van der Waals surface area contributed by atoms with Gasteiger partial charge >= 0.3 is 0 Å². The van der Waals surface area contributed by atoms with E-state index in [1.54, 1.807) is 24.3 Å². The molecule has 1 aliphatic rings. The summed E-state index contributed by atoms with van der Waals surface area (Å²) >= 11 is 5.99. The quantitative estimate of drug-likeness (QED) is 0.780. The Morgan fingerprint density at radius 3 is 2.56 bits per heavy atom. The Morgan fingerprint density at radius 2 is 1.72 bits per heavy atom. The summed E-state index contributed by atoms with van der Waals surface area (Å²) in [4.78, 5) is 24.2. The first kappa shape index (κ1) is 17.5. The number of aryl methyl sites for hydroxylation is 1. The molecule has 0 aromatic heterocycles. The van der Waals surface area contributed by atoms with Crippen LogP contribution in [0.25, 0.3) is 0 Å². The first-order valence-corrected chi connectivity index (χ1v) is 8.90. The van der Waals surface area contributed by atoms with Gasteiger partial charge in [-0.15, -0.1) is 0 Å². The van der Waals surface area contributed by atoms with Crippen LogP contribution >= 0.6 is 11.6 Å². The van der Waals surface area contributed by atoms with Crippen LogP contribution in [0.5, 0.6) is 0 Å². The Bertz CT molecular complexity index is 776. The van der Waals surface area contributed by atoms with Gasteiger partial charge in [-0.1, -0.05) is 48.0 Å². The molecule has 0 fully saturated rings. The van der Waals surface area contributed by atoms with Crippen LogP contribution in [0.1, 0.15) is 40.2 Å². The summed E-state index contributed by atoms with van der Waals surface area (Å²) in [6.07, 6.45) is 2.56. The Labute approximate surface area is 152 Å². The van der Waals surface area contributed by atoms with Gasteiger partial charge in [0.2, 0.25) is 5.91 Å². The summed E-state index contributed by atoms with van der Waals surface area (Å²) < 4.78 is 0. The van der Waals surface area contributed by atoms with Gasteiger partial charge in [-0.25, -0.2) is 0 Å².